The summed E-state index contributed by atoms with van der Waals surface area (Å²) in [4.78, 5) is 23.1. The van der Waals surface area contributed by atoms with Crippen LogP contribution < -0.4 is 16.2 Å². The number of H-pyrrole nitrogens is 1. The maximum atomic E-state index is 14.9. The highest BCUT2D eigenvalue weighted by Crippen LogP contribution is 2.34. The number of nitrogens with one attached hydrogen (secondary N) is 1. The molecule has 0 unspecified atom stereocenters. The van der Waals surface area contributed by atoms with Crippen molar-refractivity contribution in [2.75, 3.05) is 36.8 Å². The predicted octanol–water partition coefficient (Wildman–Crippen LogP) is 4.65. The van der Waals surface area contributed by atoms with Crippen molar-refractivity contribution in [1.82, 2.24) is 14.9 Å². The second kappa shape index (κ2) is 9.11. The molecular formula is C27H27F2N5O. The summed E-state index contributed by atoms with van der Waals surface area (Å²) in [6.45, 7) is 8.31. The zero-order valence-corrected chi connectivity index (χ0v) is 19.7. The van der Waals surface area contributed by atoms with E-state index in [0.717, 1.165) is 31.9 Å². The largest absolute Gasteiger partial charge is 0.383 e. The third-order valence-corrected chi connectivity index (χ3v) is 6.73. The van der Waals surface area contributed by atoms with E-state index in [-0.39, 0.29) is 16.8 Å². The Labute approximate surface area is 202 Å². The summed E-state index contributed by atoms with van der Waals surface area (Å²) in [5, 5.41) is 0.394. The van der Waals surface area contributed by atoms with Gasteiger partial charge in [0.25, 0.3) is 5.56 Å². The second-order valence-corrected chi connectivity index (χ2v) is 9.15. The molecule has 0 bridgehead atoms. The molecule has 3 N–H and O–H groups in total. The summed E-state index contributed by atoms with van der Waals surface area (Å²) in [5.41, 5.74) is 8.35. The molecule has 35 heavy (non-hydrogen) atoms. The van der Waals surface area contributed by atoms with Crippen LogP contribution in [0, 0.1) is 11.8 Å². The molecule has 1 fully saturated rings. The quantitative estimate of drug-likeness (QED) is 0.420. The number of rotatable bonds is 4. The van der Waals surface area contributed by atoms with Crippen LogP contribution in [0.2, 0.25) is 0 Å². The smallest absolute Gasteiger partial charge is 0.258 e. The Hall–Kier alpha value is -3.78. The lowest BCUT2D eigenvalue weighted by Gasteiger charge is -2.38. The van der Waals surface area contributed by atoms with Gasteiger partial charge < -0.3 is 15.6 Å². The zero-order valence-electron chi connectivity index (χ0n) is 19.7. The third-order valence-electron chi connectivity index (χ3n) is 6.73. The number of benzene rings is 2. The first kappa shape index (κ1) is 23.0. The van der Waals surface area contributed by atoms with Crippen molar-refractivity contribution in [1.29, 1.82) is 0 Å². The average molecular weight is 476 g/mol. The number of aromatic amines is 1. The summed E-state index contributed by atoms with van der Waals surface area (Å²) < 4.78 is 29.6. The Bertz CT molecular complexity index is 1440. The van der Waals surface area contributed by atoms with E-state index in [2.05, 4.69) is 33.6 Å². The van der Waals surface area contributed by atoms with E-state index >= 15 is 0 Å². The van der Waals surface area contributed by atoms with Gasteiger partial charge in [-0.1, -0.05) is 12.1 Å². The lowest BCUT2D eigenvalue weighted by atomic mass is 9.98. The van der Waals surface area contributed by atoms with E-state index in [1.807, 2.05) is 24.3 Å². The number of piperazine rings is 1. The number of aromatic nitrogens is 2. The SMILES string of the molecule is CC(C)N1CCN(c2ccc(-c3cc(-c4cc(F)c5c(=O)[nH]ccc5c4)c(N)nc3F)cc2)CC1. The molecule has 180 valence electrons. The molecule has 4 aromatic rings. The summed E-state index contributed by atoms with van der Waals surface area (Å²) in [6.07, 6.45) is 1.45. The first-order chi connectivity index (χ1) is 16.8. The standard InChI is InChI=1S/C27H27F2N5O/c1-16(2)33-9-11-34(12-10-33)20-5-3-17(4-6-20)21-15-22(26(30)32-25(21)29)19-13-18-7-8-31-27(35)24(18)23(28)14-19/h3-8,13-16H,9-12H2,1-2H3,(H2,30,32)(H,31,35). The maximum Gasteiger partial charge on any atom is 0.258 e. The number of halogens is 2. The lowest BCUT2D eigenvalue weighted by Crippen LogP contribution is -2.48. The summed E-state index contributed by atoms with van der Waals surface area (Å²) >= 11 is 0. The maximum absolute atomic E-state index is 14.9. The second-order valence-electron chi connectivity index (χ2n) is 9.15. The van der Waals surface area contributed by atoms with Crippen LogP contribution >= 0.6 is 0 Å². The van der Waals surface area contributed by atoms with Gasteiger partial charge in [-0.25, -0.2) is 9.37 Å². The number of anilines is 2. The molecule has 1 aliphatic rings. The van der Waals surface area contributed by atoms with Gasteiger partial charge in [0, 0.05) is 55.2 Å². The van der Waals surface area contributed by atoms with E-state index < -0.39 is 17.3 Å². The fourth-order valence-electron chi connectivity index (χ4n) is 4.72. The highest BCUT2D eigenvalue weighted by atomic mass is 19.1. The van der Waals surface area contributed by atoms with Crippen LogP contribution in [0.3, 0.4) is 0 Å². The average Bonchev–Trinajstić information content (AvgIpc) is 2.84. The Kier molecular flexibility index (Phi) is 5.98. The number of pyridine rings is 2. The topological polar surface area (TPSA) is 78.2 Å². The molecule has 1 aliphatic heterocycles. The van der Waals surface area contributed by atoms with Crippen LogP contribution in [-0.4, -0.2) is 47.1 Å². The number of fused-ring (bicyclic) bond motifs is 1. The van der Waals surface area contributed by atoms with E-state index in [0.29, 0.717) is 28.1 Å². The van der Waals surface area contributed by atoms with Crippen LogP contribution in [0.1, 0.15) is 13.8 Å². The molecule has 0 radical (unpaired) electrons. The van der Waals surface area contributed by atoms with Gasteiger partial charge >= 0.3 is 0 Å². The van der Waals surface area contributed by atoms with E-state index in [9.17, 15) is 13.6 Å². The van der Waals surface area contributed by atoms with Crippen LogP contribution in [0.25, 0.3) is 33.0 Å². The Morgan fingerprint density at radius 2 is 1.66 bits per heavy atom. The summed E-state index contributed by atoms with van der Waals surface area (Å²) in [6, 6.07) is 14.3. The van der Waals surface area contributed by atoms with Crippen molar-refractivity contribution < 1.29 is 8.78 Å². The van der Waals surface area contributed by atoms with E-state index in [4.69, 9.17) is 5.73 Å². The Morgan fingerprint density at radius 1 is 0.943 bits per heavy atom. The first-order valence-corrected chi connectivity index (χ1v) is 11.7. The van der Waals surface area contributed by atoms with Gasteiger partial charge in [0.05, 0.1) is 5.39 Å². The van der Waals surface area contributed by atoms with Crippen molar-refractivity contribution in [3.63, 3.8) is 0 Å². The van der Waals surface area contributed by atoms with Gasteiger partial charge in [0.15, 0.2) is 0 Å². The molecule has 0 atom stereocenters. The van der Waals surface area contributed by atoms with Crippen LogP contribution in [0.5, 0.6) is 0 Å². The molecule has 0 spiro atoms. The van der Waals surface area contributed by atoms with E-state index in [1.54, 1.807) is 18.2 Å². The minimum Gasteiger partial charge on any atom is -0.383 e. The Balaban J connectivity index is 1.47. The van der Waals surface area contributed by atoms with Gasteiger partial charge in [-0.05, 0) is 66.8 Å². The van der Waals surface area contributed by atoms with Gasteiger partial charge in [0.1, 0.15) is 11.6 Å². The molecule has 0 amide bonds. The van der Waals surface area contributed by atoms with Crippen molar-refractivity contribution in [3.8, 4) is 22.3 Å². The van der Waals surface area contributed by atoms with Crippen molar-refractivity contribution in [3.05, 3.63) is 76.8 Å². The molecule has 2 aromatic carbocycles. The van der Waals surface area contributed by atoms with Crippen LogP contribution in [0.15, 0.2) is 59.5 Å². The highest BCUT2D eigenvalue weighted by Gasteiger charge is 2.20. The van der Waals surface area contributed by atoms with Gasteiger partial charge in [-0.2, -0.15) is 4.39 Å². The van der Waals surface area contributed by atoms with Crippen molar-refractivity contribution in [2.24, 2.45) is 0 Å². The van der Waals surface area contributed by atoms with Gasteiger partial charge in [-0.15, -0.1) is 0 Å². The zero-order chi connectivity index (χ0) is 24.7. The van der Waals surface area contributed by atoms with Crippen molar-refractivity contribution >= 4 is 22.3 Å². The summed E-state index contributed by atoms with van der Waals surface area (Å²) in [7, 11) is 0. The highest BCUT2D eigenvalue weighted by molar-refractivity contribution is 5.90. The lowest BCUT2D eigenvalue weighted by molar-refractivity contribution is 0.209. The van der Waals surface area contributed by atoms with Crippen molar-refractivity contribution in [2.45, 2.75) is 19.9 Å². The summed E-state index contributed by atoms with van der Waals surface area (Å²) in [5.74, 6) is -1.41. The molecule has 2 aromatic heterocycles. The molecule has 3 heterocycles. The normalized spacial score (nSPS) is 14.7. The fraction of sp³-hybridized carbons (Fsp3) is 0.259. The molecule has 6 nitrogen and oxygen atoms in total. The fourth-order valence-corrected chi connectivity index (χ4v) is 4.72. The van der Waals surface area contributed by atoms with E-state index in [1.165, 1.54) is 12.3 Å². The Morgan fingerprint density at radius 3 is 2.34 bits per heavy atom. The monoisotopic (exact) mass is 475 g/mol. The van der Waals surface area contributed by atoms with Crippen LogP contribution in [-0.2, 0) is 0 Å². The van der Waals surface area contributed by atoms with Gasteiger partial charge in [0.2, 0.25) is 5.95 Å². The molecule has 0 aliphatic carbocycles. The molecular weight excluding hydrogens is 448 g/mol. The number of hydrogen-bond acceptors (Lipinski definition) is 5. The minimum atomic E-state index is -0.692. The third kappa shape index (κ3) is 4.37. The predicted molar refractivity (Wildman–Crippen MR) is 136 cm³/mol. The van der Waals surface area contributed by atoms with Crippen LogP contribution in [0.4, 0.5) is 20.3 Å². The number of nitrogen functional groups attached to an aromatic ring is 1. The molecule has 1 saturated heterocycles. The first-order valence-electron chi connectivity index (χ1n) is 11.7. The molecule has 0 saturated carbocycles. The molecule has 8 heteroatoms. The number of nitrogens with zero attached hydrogens (tertiary/aromatic N) is 3. The number of nitrogens with two attached hydrogens (primary N) is 1. The minimum absolute atomic E-state index is 0.0325. The van der Waals surface area contributed by atoms with Gasteiger partial charge in [-0.3, -0.25) is 9.69 Å². The molecule has 5 rings (SSSR count). The number of hydrogen-bond donors (Lipinski definition) is 2.